The largest absolute Gasteiger partial charge is 0.374 e. The van der Waals surface area contributed by atoms with Crippen molar-refractivity contribution in [1.29, 1.82) is 0 Å². The third-order valence-corrected chi connectivity index (χ3v) is 7.53. The van der Waals surface area contributed by atoms with Crippen molar-refractivity contribution >= 4 is 105 Å². The maximum Gasteiger partial charge on any atom is 0.0894 e. The number of alkyl halides is 2. The van der Waals surface area contributed by atoms with E-state index in [-0.39, 0.29) is 84.7 Å². The number of nitrogens with zero attached hydrogens (tertiary/aromatic N) is 2. The third kappa shape index (κ3) is 10.2. The molecular weight excluding hydrogens is 580 g/mol. The van der Waals surface area contributed by atoms with Gasteiger partial charge in [0.25, 0.3) is 0 Å². The fraction of sp³-hybridized carbons (Fsp3) is 0.412. The molecule has 0 amide bonds. The Hall–Kier alpha value is -1.62. The number of H-pyrrole nitrogens is 2. The van der Waals surface area contributed by atoms with Gasteiger partial charge in [0.2, 0.25) is 0 Å². The standard InChI is InChI=1S/C34H40F2N4O2.2Na/c1-23(41-15-7-3-5-13-35)31-19-29-18-27-10-9-25(37-27)17-26-11-12-28(38-26)21-33-32(20-30(40-33)22-34(31)39-29)24(2)42-16-8-4-6-14-36;;/h9-12,17-24,39-40H,3-8,13-16H2,1-2H3;;. The Kier molecular flexibility index (Phi) is 15.5. The van der Waals surface area contributed by atoms with Gasteiger partial charge in [0, 0.05) is 106 Å². The number of fused-ring (bicyclic) bond motifs is 8. The Bertz CT molecular complexity index is 1580. The number of unbranched alkanes of at least 4 members (excludes halogenated alkanes) is 4. The van der Waals surface area contributed by atoms with E-state index in [1.165, 1.54) is 0 Å². The molecule has 10 heteroatoms. The summed E-state index contributed by atoms with van der Waals surface area (Å²) in [5.41, 5.74) is 9.18. The van der Waals surface area contributed by atoms with Gasteiger partial charge in [0.05, 0.1) is 48.3 Å². The zero-order chi connectivity index (χ0) is 29.3. The number of hydrogen-bond donors (Lipinski definition) is 2. The Morgan fingerprint density at radius 1 is 0.568 bits per heavy atom. The first kappa shape index (κ1) is 36.8. The minimum absolute atomic E-state index is 0. The van der Waals surface area contributed by atoms with E-state index in [0.29, 0.717) is 26.1 Å². The van der Waals surface area contributed by atoms with Crippen molar-refractivity contribution in [2.75, 3.05) is 26.6 Å². The molecule has 0 aromatic carbocycles. The summed E-state index contributed by atoms with van der Waals surface area (Å²) >= 11 is 0. The number of aromatic amines is 2. The summed E-state index contributed by atoms with van der Waals surface area (Å²) in [4.78, 5) is 16.7. The van der Waals surface area contributed by atoms with E-state index < -0.39 is 0 Å². The average Bonchev–Trinajstić information content (AvgIpc) is 3.77. The Morgan fingerprint density at radius 3 is 1.50 bits per heavy atom. The zero-order valence-electron chi connectivity index (χ0n) is 26.5. The minimum Gasteiger partial charge on any atom is -0.374 e. The maximum absolute atomic E-state index is 12.5. The van der Waals surface area contributed by atoms with Gasteiger partial charge >= 0.3 is 0 Å². The predicted molar refractivity (Wildman–Crippen MR) is 179 cm³/mol. The van der Waals surface area contributed by atoms with Gasteiger partial charge < -0.3 is 19.4 Å². The number of halogens is 2. The van der Waals surface area contributed by atoms with Gasteiger partial charge in [-0.15, -0.1) is 0 Å². The van der Waals surface area contributed by atoms with Crippen LogP contribution in [0.15, 0.2) is 36.4 Å². The molecule has 0 fully saturated rings. The fourth-order valence-electron chi connectivity index (χ4n) is 5.26. The number of nitrogens with one attached hydrogen (secondary N) is 2. The molecule has 2 radical (unpaired) electrons. The first-order valence-electron chi connectivity index (χ1n) is 15.0. The van der Waals surface area contributed by atoms with E-state index in [1.54, 1.807) is 0 Å². The van der Waals surface area contributed by atoms with Crippen molar-refractivity contribution in [2.24, 2.45) is 0 Å². The van der Waals surface area contributed by atoms with Crippen molar-refractivity contribution in [3.8, 4) is 0 Å². The van der Waals surface area contributed by atoms with Crippen molar-refractivity contribution in [3.05, 3.63) is 70.3 Å². The first-order chi connectivity index (χ1) is 20.5. The summed E-state index contributed by atoms with van der Waals surface area (Å²) in [5.74, 6) is 0. The number of hydrogen-bond acceptors (Lipinski definition) is 4. The second-order valence-corrected chi connectivity index (χ2v) is 10.9. The first-order valence-corrected chi connectivity index (χ1v) is 15.0. The van der Waals surface area contributed by atoms with E-state index >= 15 is 0 Å². The van der Waals surface area contributed by atoms with Gasteiger partial charge in [-0.05, 0) is 113 Å². The van der Waals surface area contributed by atoms with Crippen LogP contribution in [0.2, 0.25) is 0 Å². The summed E-state index contributed by atoms with van der Waals surface area (Å²) in [6.07, 6.45) is 12.1. The summed E-state index contributed by atoms with van der Waals surface area (Å²) in [6.45, 7) is 4.67. The molecule has 0 aliphatic carbocycles. The van der Waals surface area contributed by atoms with Crippen molar-refractivity contribution in [3.63, 3.8) is 0 Å². The van der Waals surface area contributed by atoms with Crippen LogP contribution in [0.5, 0.6) is 0 Å². The molecule has 44 heavy (non-hydrogen) atoms. The minimum atomic E-state index is -0.288. The fourth-order valence-corrected chi connectivity index (χ4v) is 5.26. The van der Waals surface area contributed by atoms with Crippen LogP contribution in [0, 0.1) is 0 Å². The van der Waals surface area contributed by atoms with Crippen molar-refractivity contribution < 1.29 is 18.3 Å². The summed E-state index contributed by atoms with van der Waals surface area (Å²) in [6, 6.07) is 12.4. The van der Waals surface area contributed by atoms with Gasteiger partial charge in [0.1, 0.15) is 0 Å². The molecule has 5 rings (SSSR count). The van der Waals surface area contributed by atoms with E-state index in [9.17, 15) is 8.78 Å². The molecule has 5 heterocycles. The van der Waals surface area contributed by atoms with Crippen LogP contribution in [0.3, 0.4) is 0 Å². The average molecular weight is 621 g/mol. The van der Waals surface area contributed by atoms with E-state index in [0.717, 1.165) is 81.7 Å². The summed E-state index contributed by atoms with van der Waals surface area (Å²) in [5, 5.41) is 0. The van der Waals surface area contributed by atoms with Crippen LogP contribution in [-0.2, 0) is 9.47 Å². The molecule has 2 atom stereocenters. The monoisotopic (exact) mass is 620 g/mol. The SMILES string of the molecule is CC(OCCCCCF)c1cc2cc3[nH]c(cc4nc(cc5nc(cc1[nH]2)C=C5)C=C4)cc3C(C)OCCCCCF.[Na].[Na]. The van der Waals surface area contributed by atoms with E-state index in [4.69, 9.17) is 19.4 Å². The van der Waals surface area contributed by atoms with Crippen LogP contribution in [0.4, 0.5) is 8.78 Å². The van der Waals surface area contributed by atoms with Crippen LogP contribution >= 0.6 is 0 Å². The van der Waals surface area contributed by atoms with Crippen LogP contribution < -0.4 is 0 Å². The molecule has 2 unspecified atom stereocenters. The molecule has 3 aromatic rings. The number of rotatable bonds is 14. The summed E-state index contributed by atoms with van der Waals surface area (Å²) in [7, 11) is 0. The second-order valence-electron chi connectivity index (χ2n) is 10.9. The molecule has 0 saturated heterocycles. The Morgan fingerprint density at radius 2 is 1.00 bits per heavy atom. The molecule has 2 aliphatic heterocycles. The van der Waals surface area contributed by atoms with Crippen molar-refractivity contribution in [2.45, 2.75) is 64.6 Å². The maximum atomic E-state index is 12.5. The molecule has 3 aromatic heterocycles. The van der Waals surface area contributed by atoms with Gasteiger partial charge in [-0.2, -0.15) is 0 Å². The van der Waals surface area contributed by atoms with Crippen LogP contribution in [0.25, 0.3) is 46.4 Å². The zero-order valence-corrected chi connectivity index (χ0v) is 30.5. The smallest absolute Gasteiger partial charge is 0.0894 e. The van der Waals surface area contributed by atoms with Crippen LogP contribution in [0.1, 0.15) is 98.5 Å². The Labute approximate surface area is 302 Å². The Balaban J connectivity index is 0.00000264. The van der Waals surface area contributed by atoms with Crippen LogP contribution in [-0.4, -0.2) is 106 Å². The molecule has 8 bridgehead atoms. The van der Waals surface area contributed by atoms with Gasteiger partial charge in [0.15, 0.2) is 0 Å². The van der Waals surface area contributed by atoms with Gasteiger partial charge in [-0.1, -0.05) is 0 Å². The molecule has 2 aliphatic rings. The third-order valence-electron chi connectivity index (χ3n) is 7.53. The molecule has 0 saturated carbocycles. The molecule has 0 spiro atoms. The predicted octanol–water partition coefficient (Wildman–Crippen LogP) is 8.33. The summed E-state index contributed by atoms with van der Waals surface area (Å²) < 4.78 is 37.3. The topological polar surface area (TPSA) is 75.8 Å². The molecular formula is C34H40F2N4Na2O2. The molecule has 224 valence electrons. The van der Waals surface area contributed by atoms with E-state index in [2.05, 4.69) is 28.2 Å². The van der Waals surface area contributed by atoms with Gasteiger partial charge in [-0.25, -0.2) is 9.97 Å². The number of ether oxygens (including phenoxy) is 2. The molecule has 6 nitrogen and oxygen atoms in total. The number of aromatic nitrogens is 4. The van der Waals surface area contributed by atoms with Gasteiger partial charge in [-0.3, -0.25) is 8.78 Å². The second kappa shape index (κ2) is 18.5. The quantitative estimate of drug-likeness (QED) is 0.0967. The van der Waals surface area contributed by atoms with E-state index in [1.807, 2.05) is 56.4 Å². The van der Waals surface area contributed by atoms with Crippen molar-refractivity contribution in [1.82, 2.24) is 19.9 Å². The molecule has 2 N–H and O–H groups in total. The normalized spacial score (nSPS) is 13.4.